The Bertz CT molecular complexity index is 318. The van der Waals surface area contributed by atoms with Gasteiger partial charge in [0.15, 0.2) is 0 Å². The van der Waals surface area contributed by atoms with Crippen molar-refractivity contribution in [3.05, 3.63) is 34.9 Å². The lowest BCUT2D eigenvalue weighted by molar-refractivity contribution is 0.655. The van der Waals surface area contributed by atoms with E-state index in [-0.39, 0.29) is 6.04 Å². The minimum absolute atomic E-state index is 0.0775. The number of aryl methyl sites for hydroxylation is 1. The number of nitrogens with two attached hydrogens (primary N) is 2. The Kier molecular flexibility index (Phi) is 4.30. The topological polar surface area (TPSA) is 52.0 Å². The Balaban J connectivity index is 2.99. The van der Waals surface area contributed by atoms with E-state index in [0.29, 0.717) is 12.5 Å². The summed E-state index contributed by atoms with van der Waals surface area (Å²) in [6, 6.07) is 6.63. The molecule has 0 heterocycles. The van der Waals surface area contributed by atoms with Crippen molar-refractivity contribution in [3.63, 3.8) is 0 Å². The van der Waals surface area contributed by atoms with Crippen LogP contribution in [0.1, 0.15) is 48.9 Å². The van der Waals surface area contributed by atoms with Crippen LogP contribution in [0, 0.1) is 6.92 Å². The first-order valence-corrected chi connectivity index (χ1v) is 5.62. The zero-order valence-electron chi connectivity index (χ0n) is 9.96. The van der Waals surface area contributed by atoms with Crippen LogP contribution >= 0.6 is 0 Å². The van der Waals surface area contributed by atoms with Crippen LogP contribution in [-0.4, -0.2) is 6.54 Å². The minimum Gasteiger partial charge on any atom is -0.330 e. The van der Waals surface area contributed by atoms with E-state index in [1.54, 1.807) is 0 Å². The second-order valence-electron chi connectivity index (χ2n) is 4.45. The van der Waals surface area contributed by atoms with Crippen molar-refractivity contribution in [1.82, 2.24) is 0 Å². The third kappa shape index (κ3) is 3.05. The molecule has 2 heteroatoms. The van der Waals surface area contributed by atoms with E-state index in [2.05, 4.69) is 39.0 Å². The molecule has 0 saturated carbocycles. The molecule has 1 unspecified atom stereocenters. The number of rotatable bonds is 4. The van der Waals surface area contributed by atoms with Crippen LogP contribution in [0.3, 0.4) is 0 Å². The molecule has 15 heavy (non-hydrogen) atoms. The summed E-state index contributed by atoms with van der Waals surface area (Å²) in [5.74, 6) is 0.550. The summed E-state index contributed by atoms with van der Waals surface area (Å²) in [6.07, 6.45) is 0.850. The Morgan fingerprint density at radius 3 is 2.47 bits per heavy atom. The molecule has 1 aromatic carbocycles. The maximum absolute atomic E-state index is 6.10. The van der Waals surface area contributed by atoms with Gasteiger partial charge in [0, 0.05) is 6.04 Å². The predicted molar refractivity (Wildman–Crippen MR) is 65.9 cm³/mol. The molecular formula is C13H22N2. The van der Waals surface area contributed by atoms with E-state index in [1.165, 1.54) is 16.7 Å². The second kappa shape index (κ2) is 5.29. The van der Waals surface area contributed by atoms with Gasteiger partial charge in [0.25, 0.3) is 0 Å². The Morgan fingerprint density at radius 2 is 1.93 bits per heavy atom. The van der Waals surface area contributed by atoms with E-state index in [1.807, 2.05) is 0 Å². The Hall–Kier alpha value is -0.860. The molecule has 0 amide bonds. The third-order valence-electron chi connectivity index (χ3n) is 2.85. The fourth-order valence-electron chi connectivity index (χ4n) is 1.75. The molecule has 1 atom stereocenters. The molecule has 0 aliphatic rings. The highest BCUT2D eigenvalue weighted by atomic mass is 14.7. The van der Waals surface area contributed by atoms with Crippen LogP contribution in [-0.2, 0) is 0 Å². The van der Waals surface area contributed by atoms with Gasteiger partial charge in [-0.2, -0.15) is 0 Å². The largest absolute Gasteiger partial charge is 0.330 e. The quantitative estimate of drug-likeness (QED) is 0.795. The highest BCUT2D eigenvalue weighted by Crippen LogP contribution is 2.23. The summed E-state index contributed by atoms with van der Waals surface area (Å²) in [6.45, 7) is 7.15. The van der Waals surface area contributed by atoms with Crippen molar-refractivity contribution >= 4 is 0 Å². The second-order valence-corrected chi connectivity index (χ2v) is 4.45. The molecular weight excluding hydrogens is 184 g/mol. The van der Waals surface area contributed by atoms with Crippen molar-refractivity contribution in [3.8, 4) is 0 Å². The first-order chi connectivity index (χ1) is 7.06. The number of benzene rings is 1. The molecule has 84 valence electrons. The van der Waals surface area contributed by atoms with Gasteiger partial charge in [-0.1, -0.05) is 32.0 Å². The van der Waals surface area contributed by atoms with Crippen LogP contribution in [0.4, 0.5) is 0 Å². The molecule has 1 aromatic rings. The highest BCUT2D eigenvalue weighted by Gasteiger charge is 2.10. The van der Waals surface area contributed by atoms with Gasteiger partial charge in [-0.05, 0) is 42.5 Å². The van der Waals surface area contributed by atoms with Crippen molar-refractivity contribution in [2.75, 3.05) is 6.54 Å². The molecule has 0 saturated heterocycles. The molecule has 0 aromatic heterocycles. The molecule has 0 aliphatic carbocycles. The van der Waals surface area contributed by atoms with Gasteiger partial charge in [0.05, 0.1) is 0 Å². The van der Waals surface area contributed by atoms with E-state index >= 15 is 0 Å². The van der Waals surface area contributed by atoms with Gasteiger partial charge in [0.1, 0.15) is 0 Å². The summed E-state index contributed by atoms with van der Waals surface area (Å²) in [5.41, 5.74) is 15.5. The van der Waals surface area contributed by atoms with E-state index < -0.39 is 0 Å². The summed E-state index contributed by atoms with van der Waals surface area (Å²) in [7, 11) is 0. The van der Waals surface area contributed by atoms with Crippen molar-refractivity contribution in [1.29, 1.82) is 0 Å². The first-order valence-electron chi connectivity index (χ1n) is 5.62. The Labute approximate surface area is 92.7 Å². The molecule has 1 rings (SSSR count). The van der Waals surface area contributed by atoms with Gasteiger partial charge >= 0.3 is 0 Å². The molecule has 0 aliphatic heterocycles. The Morgan fingerprint density at radius 1 is 1.27 bits per heavy atom. The van der Waals surface area contributed by atoms with Gasteiger partial charge in [-0.3, -0.25) is 0 Å². The number of hydrogen-bond acceptors (Lipinski definition) is 2. The average molecular weight is 206 g/mol. The fourth-order valence-corrected chi connectivity index (χ4v) is 1.75. The van der Waals surface area contributed by atoms with Gasteiger partial charge in [-0.15, -0.1) is 0 Å². The maximum Gasteiger partial charge on any atom is 0.0309 e. The third-order valence-corrected chi connectivity index (χ3v) is 2.85. The number of hydrogen-bond donors (Lipinski definition) is 2. The van der Waals surface area contributed by atoms with Crippen molar-refractivity contribution in [2.45, 2.75) is 39.2 Å². The van der Waals surface area contributed by atoms with E-state index in [9.17, 15) is 0 Å². The van der Waals surface area contributed by atoms with Crippen molar-refractivity contribution < 1.29 is 0 Å². The molecule has 0 bridgehead atoms. The maximum atomic E-state index is 6.10. The fraction of sp³-hybridized carbons (Fsp3) is 0.538. The van der Waals surface area contributed by atoms with E-state index in [4.69, 9.17) is 11.5 Å². The smallest absolute Gasteiger partial charge is 0.0309 e. The average Bonchev–Trinajstić information content (AvgIpc) is 2.18. The lowest BCUT2D eigenvalue weighted by atomic mass is 9.93. The molecule has 0 spiro atoms. The monoisotopic (exact) mass is 206 g/mol. The van der Waals surface area contributed by atoms with Crippen LogP contribution < -0.4 is 11.5 Å². The van der Waals surface area contributed by atoms with Crippen LogP contribution in [0.2, 0.25) is 0 Å². The normalized spacial score (nSPS) is 13.2. The first kappa shape index (κ1) is 12.2. The standard InChI is InChI=1S/C13H22N2/c1-9(2)11-5-4-10(3)12(8-11)13(15)6-7-14/h4-5,8-9,13H,6-7,14-15H2,1-3H3. The summed E-state index contributed by atoms with van der Waals surface area (Å²) in [4.78, 5) is 0. The van der Waals surface area contributed by atoms with Crippen molar-refractivity contribution in [2.24, 2.45) is 11.5 Å². The van der Waals surface area contributed by atoms with Crippen LogP contribution in [0.25, 0.3) is 0 Å². The van der Waals surface area contributed by atoms with Crippen LogP contribution in [0.5, 0.6) is 0 Å². The molecule has 0 fully saturated rings. The van der Waals surface area contributed by atoms with Gasteiger partial charge in [0.2, 0.25) is 0 Å². The lowest BCUT2D eigenvalue weighted by Gasteiger charge is -2.16. The predicted octanol–water partition coefficient (Wildman–Crippen LogP) is 2.47. The highest BCUT2D eigenvalue weighted by molar-refractivity contribution is 5.34. The minimum atomic E-state index is 0.0775. The van der Waals surface area contributed by atoms with Gasteiger partial charge < -0.3 is 11.5 Å². The van der Waals surface area contributed by atoms with E-state index in [0.717, 1.165) is 6.42 Å². The lowest BCUT2D eigenvalue weighted by Crippen LogP contribution is -2.16. The molecule has 2 nitrogen and oxygen atoms in total. The summed E-state index contributed by atoms with van der Waals surface area (Å²) in [5, 5.41) is 0. The summed E-state index contributed by atoms with van der Waals surface area (Å²) < 4.78 is 0. The van der Waals surface area contributed by atoms with Gasteiger partial charge in [-0.25, -0.2) is 0 Å². The summed E-state index contributed by atoms with van der Waals surface area (Å²) >= 11 is 0. The zero-order chi connectivity index (χ0) is 11.4. The molecule has 4 N–H and O–H groups in total. The van der Waals surface area contributed by atoms with Crippen LogP contribution in [0.15, 0.2) is 18.2 Å². The zero-order valence-corrected chi connectivity index (χ0v) is 9.96. The molecule has 0 radical (unpaired) electrons. The SMILES string of the molecule is Cc1ccc(C(C)C)cc1C(N)CCN.